The zero-order valence-corrected chi connectivity index (χ0v) is 12.1. The van der Waals surface area contributed by atoms with Gasteiger partial charge in [-0.25, -0.2) is 0 Å². The van der Waals surface area contributed by atoms with Crippen molar-refractivity contribution in [2.45, 2.75) is 19.9 Å². The number of aromatic nitrogens is 3. The van der Waals surface area contributed by atoms with Crippen molar-refractivity contribution in [1.29, 1.82) is 0 Å². The first kappa shape index (κ1) is 13.8. The van der Waals surface area contributed by atoms with Crippen LogP contribution in [-0.4, -0.2) is 66.2 Å². The molecule has 0 amide bonds. The van der Waals surface area contributed by atoms with Gasteiger partial charge in [-0.05, 0) is 20.9 Å². The van der Waals surface area contributed by atoms with E-state index in [1.165, 1.54) is 0 Å². The van der Waals surface area contributed by atoms with Crippen LogP contribution >= 0.6 is 0 Å². The van der Waals surface area contributed by atoms with Crippen LogP contribution in [-0.2, 0) is 0 Å². The molecule has 1 N–H and O–H groups in total. The molecule has 1 aromatic heterocycles. The minimum absolute atomic E-state index is 0.354. The third-order valence-corrected chi connectivity index (χ3v) is 3.36. The highest BCUT2D eigenvalue weighted by atomic mass is 16.5. The number of hydrogen-bond donors (Lipinski definition) is 1. The number of ether oxygens (including phenoxy) is 1. The van der Waals surface area contributed by atoms with Crippen molar-refractivity contribution in [1.82, 2.24) is 19.9 Å². The Balaban J connectivity index is 2.20. The third-order valence-electron chi connectivity index (χ3n) is 3.36. The summed E-state index contributed by atoms with van der Waals surface area (Å²) in [5.74, 6) is 1.25. The first-order valence-corrected chi connectivity index (χ1v) is 6.63. The smallest absolute Gasteiger partial charge is 0.322 e. The summed E-state index contributed by atoms with van der Waals surface area (Å²) in [5, 5.41) is 3.10. The number of nitrogens with one attached hydrogen (secondary N) is 1. The summed E-state index contributed by atoms with van der Waals surface area (Å²) >= 11 is 0. The van der Waals surface area contributed by atoms with Crippen molar-refractivity contribution in [2.75, 3.05) is 50.6 Å². The molecule has 2 rings (SSSR count). The molecule has 1 aliphatic heterocycles. The van der Waals surface area contributed by atoms with E-state index in [0.29, 0.717) is 23.9 Å². The molecule has 0 saturated carbocycles. The van der Waals surface area contributed by atoms with Crippen LogP contribution in [0.3, 0.4) is 0 Å². The Bertz CT molecular complexity index is 427. The second-order valence-corrected chi connectivity index (χ2v) is 4.75. The van der Waals surface area contributed by atoms with Crippen molar-refractivity contribution in [3.05, 3.63) is 0 Å². The summed E-state index contributed by atoms with van der Waals surface area (Å²) in [6.45, 7) is 7.82. The molecule has 1 atom stereocenters. The molecule has 1 fully saturated rings. The fourth-order valence-electron chi connectivity index (χ4n) is 2.05. The van der Waals surface area contributed by atoms with E-state index in [4.69, 9.17) is 4.74 Å². The number of rotatable bonds is 4. The molecule has 106 valence electrons. The fraction of sp³-hybridized carbons (Fsp3) is 0.750. The van der Waals surface area contributed by atoms with Crippen LogP contribution in [0.5, 0.6) is 6.01 Å². The maximum atomic E-state index is 5.14. The van der Waals surface area contributed by atoms with Gasteiger partial charge >= 0.3 is 6.01 Å². The van der Waals surface area contributed by atoms with Crippen molar-refractivity contribution < 1.29 is 4.74 Å². The van der Waals surface area contributed by atoms with Crippen LogP contribution in [0.15, 0.2) is 0 Å². The van der Waals surface area contributed by atoms with Crippen LogP contribution in [0, 0.1) is 0 Å². The quantitative estimate of drug-likeness (QED) is 0.848. The molecular weight excluding hydrogens is 244 g/mol. The molecule has 1 aromatic rings. The van der Waals surface area contributed by atoms with Crippen LogP contribution in [0.4, 0.5) is 11.9 Å². The molecule has 7 nitrogen and oxygen atoms in total. The first-order chi connectivity index (χ1) is 9.13. The molecule has 19 heavy (non-hydrogen) atoms. The fourth-order valence-corrected chi connectivity index (χ4v) is 2.05. The van der Waals surface area contributed by atoms with Crippen molar-refractivity contribution in [2.24, 2.45) is 0 Å². The van der Waals surface area contributed by atoms with Crippen molar-refractivity contribution in [3.63, 3.8) is 0 Å². The lowest BCUT2D eigenvalue weighted by Crippen LogP contribution is -2.50. The predicted molar refractivity (Wildman–Crippen MR) is 74.8 cm³/mol. The van der Waals surface area contributed by atoms with Gasteiger partial charge in [-0.1, -0.05) is 0 Å². The van der Waals surface area contributed by atoms with E-state index in [2.05, 4.69) is 44.0 Å². The maximum absolute atomic E-state index is 5.14. The highest BCUT2D eigenvalue weighted by Crippen LogP contribution is 2.18. The summed E-state index contributed by atoms with van der Waals surface area (Å²) < 4.78 is 5.14. The standard InChI is InChI=1S/C12H22N6O/c1-5-13-10-14-11(16-12(15-10)19-4)18-7-6-17(3)9(2)8-18/h9H,5-8H2,1-4H3,(H,13,14,15,16). The van der Waals surface area contributed by atoms with E-state index in [9.17, 15) is 0 Å². The topological polar surface area (TPSA) is 66.4 Å². The maximum Gasteiger partial charge on any atom is 0.322 e. The second kappa shape index (κ2) is 6.01. The normalized spacial score (nSPS) is 20.4. The Morgan fingerprint density at radius 1 is 1.32 bits per heavy atom. The monoisotopic (exact) mass is 266 g/mol. The number of piperazine rings is 1. The minimum atomic E-state index is 0.354. The Morgan fingerprint density at radius 3 is 2.74 bits per heavy atom. The van der Waals surface area contributed by atoms with Crippen LogP contribution in [0.2, 0.25) is 0 Å². The van der Waals surface area contributed by atoms with E-state index in [1.807, 2.05) is 6.92 Å². The van der Waals surface area contributed by atoms with Gasteiger partial charge in [-0.15, -0.1) is 0 Å². The van der Waals surface area contributed by atoms with E-state index in [1.54, 1.807) is 7.11 Å². The lowest BCUT2D eigenvalue weighted by molar-refractivity contribution is 0.232. The molecule has 0 aromatic carbocycles. The van der Waals surface area contributed by atoms with Gasteiger partial charge in [-0.3, -0.25) is 0 Å². The number of nitrogens with zero attached hydrogens (tertiary/aromatic N) is 5. The third kappa shape index (κ3) is 3.23. The lowest BCUT2D eigenvalue weighted by Gasteiger charge is -2.37. The molecule has 0 radical (unpaired) electrons. The van der Waals surface area contributed by atoms with Gasteiger partial charge in [0.15, 0.2) is 0 Å². The Morgan fingerprint density at radius 2 is 2.11 bits per heavy atom. The Hall–Kier alpha value is -1.63. The average molecular weight is 266 g/mol. The van der Waals surface area contributed by atoms with Gasteiger partial charge in [-0.2, -0.15) is 15.0 Å². The minimum Gasteiger partial charge on any atom is -0.467 e. The highest BCUT2D eigenvalue weighted by molar-refractivity contribution is 5.39. The van der Waals surface area contributed by atoms with E-state index < -0.39 is 0 Å². The van der Waals surface area contributed by atoms with Crippen molar-refractivity contribution in [3.8, 4) is 6.01 Å². The summed E-state index contributed by atoms with van der Waals surface area (Å²) in [6, 6.07) is 0.839. The largest absolute Gasteiger partial charge is 0.467 e. The van der Waals surface area contributed by atoms with E-state index in [0.717, 1.165) is 26.2 Å². The van der Waals surface area contributed by atoms with Gasteiger partial charge in [0.05, 0.1) is 7.11 Å². The van der Waals surface area contributed by atoms with E-state index in [-0.39, 0.29) is 0 Å². The Kier molecular flexibility index (Phi) is 4.36. The predicted octanol–water partition coefficient (Wildman–Crippen LogP) is 0.452. The van der Waals surface area contributed by atoms with Gasteiger partial charge in [0.1, 0.15) is 0 Å². The number of hydrogen-bond acceptors (Lipinski definition) is 7. The van der Waals surface area contributed by atoms with Gasteiger partial charge < -0.3 is 19.9 Å². The summed E-state index contributed by atoms with van der Waals surface area (Å²) in [6.07, 6.45) is 0. The zero-order chi connectivity index (χ0) is 13.8. The zero-order valence-electron chi connectivity index (χ0n) is 12.1. The highest BCUT2D eigenvalue weighted by Gasteiger charge is 2.23. The molecule has 2 heterocycles. The van der Waals surface area contributed by atoms with Gasteiger partial charge in [0.25, 0.3) is 0 Å². The number of likely N-dealkylation sites (N-methyl/N-ethyl adjacent to an activating group) is 1. The number of methoxy groups -OCH3 is 1. The molecule has 1 aliphatic rings. The first-order valence-electron chi connectivity index (χ1n) is 6.63. The SMILES string of the molecule is CCNc1nc(OC)nc(N2CCN(C)C(C)C2)n1. The van der Waals surface area contributed by atoms with Crippen LogP contribution < -0.4 is 15.0 Å². The van der Waals surface area contributed by atoms with E-state index >= 15 is 0 Å². The summed E-state index contributed by atoms with van der Waals surface area (Å²) in [4.78, 5) is 17.5. The Labute approximate surface area is 114 Å². The van der Waals surface area contributed by atoms with Crippen LogP contribution in [0.1, 0.15) is 13.8 Å². The second-order valence-electron chi connectivity index (χ2n) is 4.75. The van der Waals surface area contributed by atoms with Gasteiger partial charge in [0, 0.05) is 32.2 Å². The average Bonchev–Trinajstić information content (AvgIpc) is 2.42. The molecule has 1 saturated heterocycles. The molecule has 0 bridgehead atoms. The number of anilines is 2. The lowest BCUT2D eigenvalue weighted by atomic mass is 10.2. The summed E-state index contributed by atoms with van der Waals surface area (Å²) in [7, 11) is 3.71. The van der Waals surface area contributed by atoms with Crippen molar-refractivity contribution >= 4 is 11.9 Å². The molecule has 1 unspecified atom stereocenters. The van der Waals surface area contributed by atoms with Gasteiger partial charge in [0.2, 0.25) is 11.9 Å². The van der Waals surface area contributed by atoms with Crippen LogP contribution in [0.25, 0.3) is 0 Å². The molecular formula is C12H22N6O. The summed E-state index contributed by atoms with van der Waals surface area (Å²) in [5.41, 5.74) is 0. The molecule has 0 spiro atoms. The molecule has 7 heteroatoms. The molecule has 0 aliphatic carbocycles.